The van der Waals surface area contributed by atoms with Crippen molar-refractivity contribution < 1.29 is 9.53 Å². The SMILES string of the molecule is COc1ccc(C(CNC(=O)NC(C)(C)C)N2CCN(C)CC2)cc1. The first-order valence-electron chi connectivity index (χ1n) is 8.91. The number of ether oxygens (including phenoxy) is 1. The Hall–Kier alpha value is -1.79. The molecule has 1 unspecified atom stereocenters. The highest BCUT2D eigenvalue weighted by molar-refractivity contribution is 5.74. The number of nitrogens with one attached hydrogen (secondary N) is 2. The summed E-state index contributed by atoms with van der Waals surface area (Å²) in [6.07, 6.45) is 0. The van der Waals surface area contributed by atoms with E-state index in [1.54, 1.807) is 7.11 Å². The largest absolute Gasteiger partial charge is 0.497 e. The molecule has 1 atom stereocenters. The summed E-state index contributed by atoms with van der Waals surface area (Å²) in [6.45, 7) is 10.6. The second-order valence-electron chi connectivity index (χ2n) is 7.71. The standard InChI is InChI=1S/C19H32N4O2/c1-19(2,3)21-18(24)20-14-17(23-12-10-22(4)11-13-23)15-6-8-16(25-5)9-7-15/h6-9,17H,10-14H2,1-5H3,(H2,20,21,24). The zero-order valence-electron chi connectivity index (χ0n) is 16.1. The molecule has 25 heavy (non-hydrogen) atoms. The third-order valence-corrected chi connectivity index (χ3v) is 4.42. The van der Waals surface area contributed by atoms with E-state index in [2.05, 4.69) is 39.6 Å². The van der Waals surface area contributed by atoms with Crippen LogP contribution in [0.2, 0.25) is 0 Å². The maximum Gasteiger partial charge on any atom is 0.315 e. The Labute approximate surface area is 151 Å². The van der Waals surface area contributed by atoms with Crippen LogP contribution in [-0.4, -0.2) is 68.3 Å². The van der Waals surface area contributed by atoms with Gasteiger partial charge in [0.15, 0.2) is 0 Å². The van der Waals surface area contributed by atoms with Crippen molar-refractivity contribution in [3.8, 4) is 5.75 Å². The summed E-state index contributed by atoms with van der Waals surface area (Å²) in [5.41, 5.74) is 0.953. The molecule has 6 nitrogen and oxygen atoms in total. The average molecular weight is 348 g/mol. The van der Waals surface area contributed by atoms with Crippen molar-refractivity contribution in [2.24, 2.45) is 0 Å². The van der Waals surface area contributed by atoms with E-state index in [0.29, 0.717) is 6.54 Å². The second-order valence-corrected chi connectivity index (χ2v) is 7.71. The fourth-order valence-corrected chi connectivity index (χ4v) is 2.99. The second kappa shape index (κ2) is 8.54. The highest BCUT2D eigenvalue weighted by Crippen LogP contribution is 2.24. The van der Waals surface area contributed by atoms with E-state index >= 15 is 0 Å². The number of amides is 2. The van der Waals surface area contributed by atoms with Crippen LogP contribution in [0.4, 0.5) is 4.79 Å². The fourth-order valence-electron chi connectivity index (χ4n) is 2.99. The number of urea groups is 1. The zero-order chi connectivity index (χ0) is 18.4. The van der Waals surface area contributed by atoms with Crippen molar-refractivity contribution in [3.05, 3.63) is 29.8 Å². The summed E-state index contributed by atoms with van der Waals surface area (Å²) in [5.74, 6) is 0.847. The van der Waals surface area contributed by atoms with E-state index in [1.165, 1.54) is 5.56 Å². The molecule has 2 amide bonds. The van der Waals surface area contributed by atoms with Gasteiger partial charge >= 0.3 is 6.03 Å². The van der Waals surface area contributed by atoms with Gasteiger partial charge in [-0.3, -0.25) is 4.90 Å². The minimum absolute atomic E-state index is 0.125. The Balaban J connectivity index is 2.07. The van der Waals surface area contributed by atoms with Gasteiger partial charge in [0.2, 0.25) is 0 Å². The van der Waals surface area contributed by atoms with E-state index in [4.69, 9.17) is 4.74 Å². The number of benzene rings is 1. The Bertz CT molecular complexity index is 546. The van der Waals surface area contributed by atoms with Crippen molar-refractivity contribution in [1.29, 1.82) is 0 Å². The lowest BCUT2D eigenvalue weighted by molar-refractivity contribution is 0.111. The number of piperazine rings is 1. The third kappa shape index (κ3) is 6.21. The number of hydrogen-bond acceptors (Lipinski definition) is 4. The molecule has 1 aliphatic rings. The molecule has 6 heteroatoms. The Morgan fingerprint density at radius 3 is 2.28 bits per heavy atom. The molecule has 1 aromatic rings. The summed E-state index contributed by atoms with van der Waals surface area (Å²) in [4.78, 5) is 16.9. The van der Waals surface area contributed by atoms with Gasteiger partial charge in [0.05, 0.1) is 13.2 Å². The van der Waals surface area contributed by atoms with Crippen LogP contribution in [0.15, 0.2) is 24.3 Å². The normalized spacial score (nSPS) is 17.8. The molecule has 0 saturated carbocycles. The first kappa shape index (κ1) is 19.5. The van der Waals surface area contributed by atoms with Gasteiger partial charge in [0, 0.05) is 38.3 Å². The molecule has 0 spiro atoms. The number of carbonyl (C=O) groups excluding carboxylic acids is 1. The van der Waals surface area contributed by atoms with Crippen molar-refractivity contribution in [2.75, 3.05) is 46.9 Å². The molecule has 2 N–H and O–H groups in total. The van der Waals surface area contributed by atoms with Crippen molar-refractivity contribution in [2.45, 2.75) is 32.4 Å². The summed E-state index contributed by atoms with van der Waals surface area (Å²) < 4.78 is 5.26. The topological polar surface area (TPSA) is 56.8 Å². The molecule has 2 rings (SSSR count). The van der Waals surface area contributed by atoms with Crippen LogP contribution in [0.1, 0.15) is 32.4 Å². The Morgan fingerprint density at radius 2 is 1.76 bits per heavy atom. The van der Waals surface area contributed by atoms with Crippen LogP contribution in [0.25, 0.3) is 0 Å². The highest BCUT2D eigenvalue weighted by Gasteiger charge is 2.25. The quantitative estimate of drug-likeness (QED) is 0.855. The van der Waals surface area contributed by atoms with E-state index in [9.17, 15) is 4.79 Å². The predicted molar refractivity (Wildman–Crippen MR) is 101 cm³/mol. The monoisotopic (exact) mass is 348 g/mol. The third-order valence-electron chi connectivity index (χ3n) is 4.42. The van der Waals surface area contributed by atoms with Crippen LogP contribution in [0.3, 0.4) is 0 Å². The van der Waals surface area contributed by atoms with Gasteiger partial charge in [0.1, 0.15) is 5.75 Å². The molecular formula is C19H32N4O2. The summed E-state index contributed by atoms with van der Waals surface area (Å²) in [5, 5.41) is 6.00. The average Bonchev–Trinajstić information content (AvgIpc) is 2.55. The smallest absolute Gasteiger partial charge is 0.315 e. The fraction of sp³-hybridized carbons (Fsp3) is 0.632. The first-order valence-corrected chi connectivity index (χ1v) is 8.91. The van der Waals surface area contributed by atoms with Crippen LogP contribution in [0.5, 0.6) is 5.75 Å². The van der Waals surface area contributed by atoms with E-state index in [-0.39, 0.29) is 17.6 Å². The number of rotatable bonds is 5. The maximum atomic E-state index is 12.2. The van der Waals surface area contributed by atoms with Gasteiger partial charge in [-0.25, -0.2) is 4.79 Å². The number of likely N-dealkylation sites (N-methyl/N-ethyl adjacent to an activating group) is 1. The molecule has 140 valence electrons. The van der Waals surface area contributed by atoms with Crippen LogP contribution in [-0.2, 0) is 0 Å². The molecule has 0 aliphatic carbocycles. The zero-order valence-corrected chi connectivity index (χ0v) is 16.1. The molecule has 0 aromatic heterocycles. The van der Waals surface area contributed by atoms with E-state index < -0.39 is 0 Å². The molecule has 1 saturated heterocycles. The number of carbonyl (C=O) groups is 1. The van der Waals surface area contributed by atoms with Crippen molar-refractivity contribution >= 4 is 6.03 Å². The number of nitrogens with zero attached hydrogens (tertiary/aromatic N) is 2. The molecule has 1 aromatic carbocycles. The molecular weight excluding hydrogens is 316 g/mol. The summed E-state index contributed by atoms with van der Waals surface area (Å²) >= 11 is 0. The minimum atomic E-state index is -0.243. The van der Waals surface area contributed by atoms with E-state index in [0.717, 1.165) is 31.9 Å². The van der Waals surface area contributed by atoms with Gasteiger partial charge in [0.25, 0.3) is 0 Å². The predicted octanol–water partition coefficient (Wildman–Crippen LogP) is 2.08. The van der Waals surface area contributed by atoms with Gasteiger partial charge in [-0.2, -0.15) is 0 Å². The number of methoxy groups -OCH3 is 1. The molecule has 1 heterocycles. The lowest BCUT2D eigenvalue weighted by atomic mass is 10.0. The molecule has 1 fully saturated rings. The van der Waals surface area contributed by atoms with Gasteiger partial charge < -0.3 is 20.3 Å². The maximum absolute atomic E-state index is 12.2. The van der Waals surface area contributed by atoms with Crippen molar-refractivity contribution in [1.82, 2.24) is 20.4 Å². The highest BCUT2D eigenvalue weighted by atomic mass is 16.5. The van der Waals surface area contributed by atoms with E-state index in [1.807, 2.05) is 32.9 Å². The van der Waals surface area contributed by atoms with Gasteiger partial charge in [-0.15, -0.1) is 0 Å². The van der Waals surface area contributed by atoms with Crippen LogP contribution >= 0.6 is 0 Å². The number of hydrogen-bond donors (Lipinski definition) is 2. The van der Waals surface area contributed by atoms with Crippen molar-refractivity contribution in [3.63, 3.8) is 0 Å². The lowest BCUT2D eigenvalue weighted by Gasteiger charge is -2.38. The molecule has 1 aliphatic heterocycles. The molecule has 0 bridgehead atoms. The minimum Gasteiger partial charge on any atom is -0.497 e. The van der Waals surface area contributed by atoms with Gasteiger partial charge in [-0.05, 0) is 45.5 Å². The van der Waals surface area contributed by atoms with Gasteiger partial charge in [-0.1, -0.05) is 12.1 Å². The summed E-state index contributed by atoms with van der Waals surface area (Å²) in [7, 11) is 3.82. The molecule has 0 radical (unpaired) electrons. The lowest BCUT2D eigenvalue weighted by Crippen LogP contribution is -2.51. The first-order chi connectivity index (χ1) is 11.8. The Morgan fingerprint density at radius 1 is 1.16 bits per heavy atom. The Kier molecular flexibility index (Phi) is 6.67. The van der Waals surface area contributed by atoms with Crippen LogP contribution < -0.4 is 15.4 Å². The summed E-state index contributed by atoms with van der Waals surface area (Å²) in [6, 6.07) is 8.17. The van der Waals surface area contributed by atoms with Crippen LogP contribution in [0, 0.1) is 0 Å².